The van der Waals surface area contributed by atoms with E-state index in [1.54, 1.807) is 24.5 Å². The Morgan fingerprint density at radius 2 is 2.21 bits per heavy atom. The van der Waals surface area contributed by atoms with Crippen molar-refractivity contribution in [3.8, 4) is 0 Å². The molecule has 0 radical (unpaired) electrons. The Morgan fingerprint density at radius 3 is 2.84 bits per heavy atom. The topological polar surface area (TPSA) is 113 Å². The Balaban J connectivity index is 2.30. The number of benzene rings is 1. The maximum Gasteiger partial charge on any atom is 0.242 e. The second-order valence-electron chi connectivity index (χ2n) is 3.85. The van der Waals surface area contributed by atoms with Crippen LogP contribution in [0.5, 0.6) is 0 Å². The number of hydrogen-bond donors (Lipinski definition) is 4. The van der Waals surface area contributed by atoms with Crippen LogP contribution in [0.2, 0.25) is 0 Å². The van der Waals surface area contributed by atoms with E-state index in [2.05, 4.69) is 20.0 Å². The van der Waals surface area contributed by atoms with Gasteiger partial charge >= 0.3 is 0 Å². The number of aromatic amines is 1. The molecule has 0 aliphatic heterocycles. The number of sulfonamides is 1. The normalized spacial score (nSPS) is 11.4. The Hall–Kier alpha value is -2.06. The van der Waals surface area contributed by atoms with Crippen LogP contribution in [0.1, 0.15) is 5.82 Å². The molecular formula is C11H15N5O2S. The van der Waals surface area contributed by atoms with Gasteiger partial charge in [-0.25, -0.2) is 18.1 Å². The summed E-state index contributed by atoms with van der Waals surface area (Å²) in [6.45, 7) is 0.392. The lowest BCUT2D eigenvalue weighted by atomic mass is 10.3. The van der Waals surface area contributed by atoms with Gasteiger partial charge in [-0.15, -0.1) is 0 Å². The van der Waals surface area contributed by atoms with Gasteiger partial charge in [0.2, 0.25) is 10.0 Å². The van der Waals surface area contributed by atoms with Crippen LogP contribution in [-0.2, 0) is 16.6 Å². The Morgan fingerprint density at radius 1 is 1.42 bits per heavy atom. The third kappa shape index (κ3) is 3.04. The largest absolute Gasteiger partial charge is 0.399 e. The average molecular weight is 281 g/mol. The zero-order valence-corrected chi connectivity index (χ0v) is 11.2. The summed E-state index contributed by atoms with van der Waals surface area (Å²) in [5, 5.41) is 3.01. The SMILES string of the molecule is CNS(=O)(=O)c1cc(N)ccc1NCc1ncc[nH]1. The summed E-state index contributed by atoms with van der Waals surface area (Å²) in [4.78, 5) is 7.09. The summed E-state index contributed by atoms with van der Waals surface area (Å²) < 4.78 is 26.1. The highest BCUT2D eigenvalue weighted by Crippen LogP contribution is 2.23. The summed E-state index contributed by atoms with van der Waals surface area (Å²) in [5.74, 6) is 0.713. The standard InChI is InChI=1S/C11H15N5O2S/c1-13-19(17,18)10-6-8(12)2-3-9(10)16-7-11-14-4-5-15-11/h2-6,13,16H,7,12H2,1H3,(H,14,15). The number of imidazole rings is 1. The molecular weight excluding hydrogens is 266 g/mol. The van der Waals surface area contributed by atoms with E-state index >= 15 is 0 Å². The van der Waals surface area contributed by atoms with Gasteiger partial charge in [0.25, 0.3) is 0 Å². The van der Waals surface area contributed by atoms with Gasteiger partial charge < -0.3 is 16.0 Å². The van der Waals surface area contributed by atoms with Crippen LogP contribution in [0.4, 0.5) is 11.4 Å². The number of nitrogens with one attached hydrogen (secondary N) is 3. The minimum atomic E-state index is -3.57. The summed E-state index contributed by atoms with van der Waals surface area (Å²) in [6.07, 6.45) is 3.33. The minimum absolute atomic E-state index is 0.113. The predicted octanol–water partition coefficient (Wildman–Crippen LogP) is 0.512. The Bertz CT molecular complexity index is 652. The van der Waals surface area contributed by atoms with Crippen molar-refractivity contribution >= 4 is 21.4 Å². The molecule has 19 heavy (non-hydrogen) atoms. The molecule has 0 saturated heterocycles. The van der Waals surface area contributed by atoms with Gasteiger partial charge in [0.05, 0.1) is 12.2 Å². The Labute approximate surface area is 111 Å². The number of hydrogen-bond acceptors (Lipinski definition) is 5. The fourth-order valence-electron chi connectivity index (χ4n) is 1.59. The van der Waals surface area contributed by atoms with E-state index in [1.165, 1.54) is 13.1 Å². The molecule has 1 aromatic carbocycles. The molecule has 8 heteroatoms. The highest BCUT2D eigenvalue weighted by atomic mass is 32.2. The van der Waals surface area contributed by atoms with Gasteiger partial charge in [0, 0.05) is 18.1 Å². The number of anilines is 2. The van der Waals surface area contributed by atoms with Crippen molar-refractivity contribution in [1.82, 2.24) is 14.7 Å². The molecule has 102 valence electrons. The van der Waals surface area contributed by atoms with Gasteiger partial charge in [-0.2, -0.15) is 0 Å². The Kier molecular flexibility index (Phi) is 3.72. The van der Waals surface area contributed by atoms with Crippen molar-refractivity contribution in [2.24, 2.45) is 0 Å². The summed E-state index contributed by atoms with van der Waals surface area (Å²) >= 11 is 0. The molecule has 0 spiro atoms. The summed E-state index contributed by atoms with van der Waals surface area (Å²) in [7, 11) is -2.21. The van der Waals surface area contributed by atoms with E-state index in [4.69, 9.17) is 5.73 Å². The van der Waals surface area contributed by atoms with Crippen LogP contribution in [0.25, 0.3) is 0 Å². The molecule has 7 nitrogen and oxygen atoms in total. The first-order valence-electron chi connectivity index (χ1n) is 5.58. The molecule has 0 bridgehead atoms. The number of rotatable bonds is 5. The van der Waals surface area contributed by atoms with Crippen LogP contribution in [0.15, 0.2) is 35.5 Å². The van der Waals surface area contributed by atoms with E-state index in [-0.39, 0.29) is 4.90 Å². The predicted molar refractivity (Wildman–Crippen MR) is 73.0 cm³/mol. The monoisotopic (exact) mass is 281 g/mol. The lowest BCUT2D eigenvalue weighted by molar-refractivity contribution is 0.588. The first kappa shape index (κ1) is 13.4. The van der Waals surface area contributed by atoms with Crippen LogP contribution in [0.3, 0.4) is 0 Å². The van der Waals surface area contributed by atoms with Crippen molar-refractivity contribution in [2.75, 3.05) is 18.1 Å². The first-order chi connectivity index (χ1) is 9.03. The van der Waals surface area contributed by atoms with E-state index in [9.17, 15) is 8.42 Å². The average Bonchev–Trinajstić information content (AvgIpc) is 2.90. The minimum Gasteiger partial charge on any atom is -0.399 e. The fraction of sp³-hybridized carbons (Fsp3) is 0.182. The van der Waals surface area contributed by atoms with Crippen molar-refractivity contribution in [3.63, 3.8) is 0 Å². The van der Waals surface area contributed by atoms with Crippen molar-refractivity contribution in [3.05, 3.63) is 36.4 Å². The quantitative estimate of drug-likeness (QED) is 0.596. The second-order valence-corrected chi connectivity index (χ2v) is 5.71. The smallest absolute Gasteiger partial charge is 0.242 e. The molecule has 0 fully saturated rings. The van der Waals surface area contributed by atoms with Gasteiger partial charge in [-0.3, -0.25) is 0 Å². The summed E-state index contributed by atoms with van der Waals surface area (Å²) in [5.41, 5.74) is 6.49. The van der Waals surface area contributed by atoms with Crippen molar-refractivity contribution in [1.29, 1.82) is 0 Å². The van der Waals surface area contributed by atoms with Crippen LogP contribution in [-0.4, -0.2) is 25.4 Å². The van der Waals surface area contributed by atoms with Gasteiger partial charge in [0.1, 0.15) is 10.7 Å². The number of nitrogens with two attached hydrogens (primary N) is 1. The summed E-state index contributed by atoms with van der Waals surface area (Å²) in [6, 6.07) is 4.68. The van der Waals surface area contributed by atoms with Gasteiger partial charge in [-0.05, 0) is 25.2 Å². The van der Waals surface area contributed by atoms with E-state index in [0.717, 1.165) is 0 Å². The lowest BCUT2D eigenvalue weighted by Crippen LogP contribution is -2.20. The number of H-pyrrole nitrogens is 1. The highest BCUT2D eigenvalue weighted by molar-refractivity contribution is 7.89. The maximum atomic E-state index is 11.9. The molecule has 1 heterocycles. The molecule has 0 aliphatic rings. The zero-order chi connectivity index (χ0) is 13.9. The van der Waals surface area contributed by atoms with Gasteiger partial charge in [-0.1, -0.05) is 0 Å². The molecule has 2 aromatic rings. The number of nitrogens with zero attached hydrogens (tertiary/aromatic N) is 1. The fourth-order valence-corrected chi connectivity index (χ4v) is 2.53. The maximum absolute atomic E-state index is 11.9. The third-order valence-corrected chi connectivity index (χ3v) is 4.02. The van der Waals surface area contributed by atoms with E-state index < -0.39 is 10.0 Å². The molecule has 1 aromatic heterocycles. The van der Waals surface area contributed by atoms with Crippen LogP contribution >= 0.6 is 0 Å². The van der Waals surface area contributed by atoms with Crippen LogP contribution < -0.4 is 15.8 Å². The molecule has 0 amide bonds. The molecule has 2 rings (SSSR count). The van der Waals surface area contributed by atoms with E-state index in [1.807, 2.05) is 0 Å². The third-order valence-electron chi connectivity index (χ3n) is 2.57. The highest BCUT2D eigenvalue weighted by Gasteiger charge is 2.17. The van der Waals surface area contributed by atoms with Crippen LogP contribution in [0, 0.1) is 0 Å². The van der Waals surface area contributed by atoms with E-state index in [0.29, 0.717) is 23.7 Å². The van der Waals surface area contributed by atoms with Gasteiger partial charge in [0.15, 0.2) is 0 Å². The first-order valence-corrected chi connectivity index (χ1v) is 7.06. The zero-order valence-electron chi connectivity index (χ0n) is 10.3. The second kappa shape index (κ2) is 5.29. The molecule has 5 N–H and O–H groups in total. The molecule has 0 atom stereocenters. The number of nitrogen functional groups attached to an aromatic ring is 1. The van der Waals surface area contributed by atoms with Crippen molar-refractivity contribution < 1.29 is 8.42 Å². The number of aromatic nitrogens is 2. The molecule has 0 saturated carbocycles. The lowest BCUT2D eigenvalue weighted by Gasteiger charge is -2.12. The molecule has 0 aliphatic carbocycles. The van der Waals surface area contributed by atoms with Crippen molar-refractivity contribution in [2.45, 2.75) is 11.4 Å². The molecule has 0 unspecified atom stereocenters.